The lowest BCUT2D eigenvalue weighted by Gasteiger charge is -2.09. The lowest BCUT2D eigenvalue weighted by Crippen LogP contribution is -2.18. The van der Waals surface area contributed by atoms with Gasteiger partial charge >= 0.3 is 0 Å². The standard InChI is InChI=1S/C20H23ClN2O4/c1-3-26-19-12-15(6-8-17(19)24)13-22-23-20(25)5-4-10-27-18-9-7-16(21)11-14(18)2/h6-9,11-13,24H,3-5,10H2,1-2H3,(H,23,25)/b22-13+. The molecular weight excluding hydrogens is 368 g/mol. The van der Waals surface area contributed by atoms with E-state index in [-0.39, 0.29) is 11.7 Å². The van der Waals surface area contributed by atoms with Crippen LogP contribution in [0.25, 0.3) is 0 Å². The molecule has 0 saturated heterocycles. The highest BCUT2D eigenvalue weighted by molar-refractivity contribution is 6.30. The molecule has 1 amide bonds. The second kappa shape index (κ2) is 10.4. The average Bonchev–Trinajstić information content (AvgIpc) is 2.63. The summed E-state index contributed by atoms with van der Waals surface area (Å²) in [5, 5.41) is 14.2. The van der Waals surface area contributed by atoms with Gasteiger partial charge in [-0.15, -0.1) is 0 Å². The smallest absolute Gasteiger partial charge is 0.240 e. The molecule has 0 spiro atoms. The molecule has 2 aromatic rings. The van der Waals surface area contributed by atoms with Crippen LogP contribution in [0.3, 0.4) is 0 Å². The van der Waals surface area contributed by atoms with Crippen LogP contribution < -0.4 is 14.9 Å². The molecule has 0 radical (unpaired) electrons. The maximum atomic E-state index is 11.8. The molecule has 0 aliphatic heterocycles. The Kier molecular flexibility index (Phi) is 7.95. The Morgan fingerprint density at radius 3 is 2.78 bits per heavy atom. The van der Waals surface area contributed by atoms with Crippen LogP contribution in [0, 0.1) is 6.92 Å². The monoisotopic (exact) mass is 390 g/mol. The molecule has 0 aliphatic rings. The van der Waals surface area contributed by atoms with Crippen molar-refractivity contribution in [2.45, 2.75) is 26.7 Å². The maximum absolute atomic E-state index is 11.8. The topological polar surface area (TPSA) is 80.2 Å². The third kappa shape index (κ3) is 6.83. The van der Waals surface area contributed by atoms with Crippen LogP contribution in [0.1, 0.15) is 30.9 Å². The number of hydrogen-bond donors (Lipinski definition) is 2. The predicted molar refractivity (Wildman–Crippen MR) is 106 cm³/mol. The molecule has 0 saturated carbocycles. The number of amides is 1. The predicted octanol–water partition coefficient (Wildman–Crippen LogP) is 4.06. The van der Waals surface area contributed by atoms with Crippen LogP contribution in [-0.2, 0) is 4.79 Å². The van der Waals surface area contributed by atoms with Crippen LogP contribution in [0.2, 0.25) is 5.02 Å². The Morgan fingerprint density at radius 1 is 1.22 bits per heavy atom. The highest BCUT2D eigenvalue weighted by Crippen LogP contribution is 2.26. The van der Waals surface area contributed by atoms with E-state index in [1.807, 2.05) is 26.0 Å². The zero-order chi connectivity index (χ0) is 19.6. The number of halogens is 1. The molecule has 2 aromatic carbocycles. The molecule has 0 aromatic heterocycles. The first-order valence-corrected chi connectivity index (χ1v) is 9.04. The molecule has 2 rings (SSSR count). The number of aromatic hydroxyl groups is 1. The van der Waals surface area contributed by atoms with E-state index in [2.05, 4.69) is 10.5 Å². The van der Waals surface area contributed by atoms with Gasteiger partial charge in [0.15, 0.2) is 11.5 Å². The van der Waals surface area contributed by atoms with Gasteiger partial charge in [0.1, 0.15) is 5.75 Å². The van der Waals surface area contributed by atoms with Crippen molar-refractivity contribution in [2.24, 2.45) is 5.10 Å². The third-order valence-corrected chi connectivity index (χ3v) is 3.86. The summed E-state index contributed by atoms with van der Waals surface area (Å²) in [4.78, 5) is 11.8. The Bertz CT molecular complexity index is 809. The lowest BCUT2D eigenvalue weighted by molar-refractivity contribution is -0.121. The SMILES string of the molecule is CCOc1cc(/C=N/NC(=O)CCCOc2ccc(Cl)cc2C)ccc1O. The van der Waals surface area contributed by atoms with Gasteiger partial charge in [-0.2, -0.15) is 5.10 Å². The molecule has 0 aliphatic carbocycles. The van der Waals surface area contributed by atoms with Crippen molar-refractivity contribution in [3.8, 4) is 17.2 Å². The molecule has 0 heterocycles. The van der Waals surface area contributed by atoms with Crippen molar-refractivity contribution in [3.05, 3.63) is 52.5 Å². The zero-order valence-electron chi connectivity index (χ0n) is 15.4. The van der Waals surface area contributed by atoms with Crippen LogP contribution in [0.15, 0.2) is 41.5 Å². The van der Waals surface area contributed by atoms with Gasteiger partial charge in [0.2, 0.25) is 5.91 Å². The highest BCUT2D eigenvalue weighted by atomic mass is 35.5. The van der Waals surface area contributed by atoms with Crippen LogP contribution >= 0.6 is 11.6 Å². The summed E-state index contributed by atoms with van der Waals surface area (Å²) >= 11 is 5.90. The van der Waals surface area contributed by atoms with Gasteiger partial charge in [-0.25, -0.2) is 5.43 Å². The quantitative estimate of drug-likeness (QED) is 0.384. The Hall–Kier alpha value is -2.73. The Morgan fingerprint density at radius 2 is 2.04 bits per heavy atom. The van der Waals surface area contributed by atoms with Gasteiger partial charge in [-0.05, 0) is 67.8 Å². The number of carbonyl (C=O) groups is 1. The molecule has 0 unspecified atom stereocenters. The number of hydrogen-bond acceptors (Lipinski definition) is 5. The molecular formula is C20H23ClN2O4. The van der Waals surface area contributed by atoms with Crippen LogP contribution in [0.5, 0.6) is 17.2 Å². The Labute approximate surface area is 163 Å². The van der Waals surface area contributed by atoms with Crippen molar-refractivity contribution in [2.75, 3.05) is 13.2 Å². The zero-order valence-corrected chi connectivity index (χ0v) is 16.1. The number of phenols is 1. The van der Waals surface area contributed by atoms with Gasteiger partial charge in [0, 0.05) is 11.4 Å². The van der Waals surface area contributed by atoms with Crippen molar-refractivity contribution in [1.29, 1.82) is 0 Å². The van der Waals surface area contributed by atoms with Gasteiger partial charge in [0.05, 0.1) is 19.4 Å². The molecule has 0 fully saturated rings. The van der Waals surface area contributed by atoms with E-state index in [0.29, 0.717) is 42.4 Å². The lowest BCUT2D eigenvalue weighted by atomic mass is 10.2. The normalized spacial score (nSPS) is 10.8. The molecule has 144 valence electrons. The fourth-order valence-corrected chi connectivity index (χ4v) is 2.53. The average molecular weight is 391 g/mol. The molecule has 7 heteroatoms. The number of phenolic OH excluding ortho intramolecular Hbond substituents is 1. The molecule has 0 bridgehead atoms. The van der Waals surface area contributed by atoms with Crippen molar-refractivity contribution >= 4 is 23.7 Å². The summed E-state index contributed by atoms with van der Waals surface area (Å²) in [6.07, 6.45) is 2.36. The minimum absolute atomic E-state index is 0.0639. The number of nitrogens with one attached hydrogen (secondary N) is 1. The van der Waals surface area contributed by atoms with E-state index in [1.165, 1.54) is 12.3 Å². The minimum atomic E-state index is -0.202. The first-order chi connectivity index (χ1) is 13.0. The van der Waals surface area contributed by atoms with Crippen molar-refractivity contribution < 1.29 is 19.4 Å². The number of hydrazone groups is 1. The first kappa shape index (κ1) is 20.6. The number of nitrogens with zero attached hydrogens (tertiary/aromatic N) is 1. The number of ether oxygens (including phenoxy) is 2. The van der Waals surface area contributed by atoms with Crippen molar-refractivity contribution in [3.63, 3.8) is 0 Å². The van der Waals surface area contributed by atoms with E-state index in [4.69, 9.17) is 21.1 Å². The van der Waals surface area contributed by atoms with Gasteiger partial charge in [-0.3, -0.25) is 4.79 Å². The summed E-state index contributed by atoms with van der Waals surface area (Å²) in [6, 6.07) is 10.3. The highest BCUT2D eigenvalue weighted by Gasteiger charge is 2.04. The second-order valence-electron chi connectivity index (χ2n) is 5.82. The Balaban J connectivity index is 1.73. The molecule has 2 N–H and O–H groups in total. The van der Waals surface area contributed by atoms with Crippen LogP contribution in [-0.4, -0.2) is 30.4 Å². The fourth-order valence-electron chi connectivity index (χ4n) is 2.31. The summed E-state index contributed by atoms with van der Waals surface area (Å²) in [7, 11) is 0. The summed E-state index contributed by atoms with van der Waals surface area (Å²) < 4.78 is 10.9. The number of carbonyl (C=O) groups excluding carboxylic acids is 1. The van der Waals surface area contributed by atoms with Gasteiger partial charge in [0.25, 0.3) is 0 Å². The molecule has 6 nitrogen and oxygen atoms in total. The van der Waals surface area contributed by atoms with E-state index in [1.54, 1.807) is 18.2 Å². The maximum Gasteiger partial charge on any atom is 0.240 e. The summed E-state index contributed by atoms with van der Waals surface area (Å²) in [5.41, 5.74) is 4.13. The van der Waals surface area contributed by atoms with E-state index < -0.39 is 0 Å². The number of rotatable bonds is 9. The fraction of sp³-hybridized carbons (Fsp3) is 0.300. The number of aryl methyl sites for hydroxylation is 1. The molecule has 27 heavy (non-hydrogen) atoms. The third-order valence-electron chi connectivity index (χ3n) is 3.63. The minimum Gasteiger partial charge on any atom is -0.504 e. The first-order valence-electron chi connectivity index (χ1n) is 8.66. The van der Waals surface area contributed by atoms with Crippen LogP contribution in [0.4, 0.5) is 0 Å². The van der Waals surface area contributed by atoms with E-state index in [9.17, 15) is 9.90 Å². The van der Waals surface area contributed by atoms with E-state index in [0.717, 1.165) is 11.3 Å². The van der Waals surface area contributed by atoms with Gasteiger partial charge in [-0.1, -0.05) is 11.6 Å². The van der Waals surface area contributed by atoms with Crippen molar-refractivity contribution in [1.82, 2.24) is 5.43 Å². The second-order valence-corrected chi connectivity index (χ2v) is 6.25. The molecule has 0 atom stereocenters. The number of benzene rings is 2. The largest absolute Gasteiger partial charge is 0.504 e. The van der Waals surface area contributed by atoms with Gasteiger partial charge < -0.3 is 14.6 Å². The summed E-state index contributed by atoms with van der Waals surface area (Å²) in [6.45, 7) is 4.62. The summed E-state index contributed by atoms with van der Waals surface area (Å²) in [5.74, 6) is 0.998. The van der Waals surface area contributed by atoms with E-state index >= 15 is 0 Å².